The van der Waals surface area contributed by atoms with Crippen molar-refractivity contribution in [2.75, 3.05) is 11.6 Å². The lowest BCUT2D eigenvalue weighted by Crippen LogP contribution is -2.07. The number of aromatic nitrogens is 4. The van der Waals surface area contributed by atoms with E-state index >= 15 is 0 Å². The molecule has 0 unspecified atom stereocenters. The van der Waals surface area contributed by atoms with Crippen LogP contribution in [0.2, 0.25) is 0 Å². The van der Waals surface area contributed by atoms with Crippen LogP contribution in [0.5, 0.6) is 0 Å². The van der Waals surface area contributed by atoms with Gasteiger partial charge in [0.15, 0.2) is 0 Å². The summed E-state index contributed by atoms with van der Waals surface area (Å²) in [6, 6.07) is 15.3. The molecule has 3 aromatic rings. The molecule has 0 aliphatic heterocycles. The molecule has 7 heteroatoms. The second-order valence-corrected chi connectivity index (χ2v) is 5.78. The lowest BCUT2D eigenvalue weighted by Gasteiger charge is -2.04. The molecule has 0 saturated carbocycles. The van der Waals surface area contributed by atoms with Gasteiger partial charge in [-0.25, -0.2) is 4.68 Å². The van der Waals surface area contributed by atoms with Crippen LogP contribution in [0, 0.1) is 0 Å². The minimum absolute atomic E-state index is 0.181. The first-order valence-corrected chi connectivity index (χ1v) is 8.43. The topological polar surface area (TPSA) is 72.7 Å². The monoisotopic (exact) mass is 337 g/mol. The Labute approximate surface area is 143 Å². The molecule has 0 spiro atoms. The minimum atomic E-state index is -0.181. The van der Waals surface area contributed by atoms with Gasteiger partial charge in [-0.2, -0.15) is 0 Å². The summed E-state index contributed by atoms with van der Waals surface area (Å²) in [6.07, 6.45) is 6.85. The van der Waals surface area contributed by atoms with Crippen LogP contribution in [0.4, 0.5) is 5.69 Å². The van der Waals surface area contributed by atoms with Gasteiger partial charge in [0, 0.05) is 16.7 Å². The molecule has 120 valence electrons. The molecular formula is C17H15N5OS. The van der Waals surface area contributed by atoms with E-state index in [1.807, 2.05) is 42.7 Å². The molecule has 1 heterocycles. The lowest BCUT2D eigenvalue weighted by atomic mass is 10.2. The number of anilines is 1. The van der Waals surface area contributed by atoms with Crippen LogP contribution >= 0.6 is 11.8 Å². The SMILES string of the molecule is CSc1ccc(C=CC(=O)Nc2ccc(-n3cnnn3)cc2)cc1. The molecule has 0 atom stereocenters. The Morgan fingerprint density at radius 3 is 2.50 bits per heavy atom. The summed E-state index contributed by atoms with van der Waals surface area (Å²) >= 11 is 1.69. The summed E-state index contributed by atoms with van der Waals surface area (Å²) in [4.78, 5) is 13.2. The number of nitrogens with zero attached hydrogens (tertiary/aromatic N) is 4. The van der Waals surface area contributed by atoms with Crippen molar-refractivity contribution in [2.24, 2.45) is 0 Å². The van der Waals surface area contributed by atoms with Crippen molar-refractivity contribution in [3.05, 3.63) is 66.5 Å². The van der Waals surface area contributed by atoms with Crippen molar-refractivity contribution in [1.29, 1.82) is 0 Å². The van der Waals surface area contributed by atoms with E-state index in [9.17, 15) is 4.79 Å². The van der Waals surface area contributed by atoms with Crippen molar-refractivity contribution in [3.63, 3.8) is 0 Å². The van der Waals surface area contributed by atoms with Gasteiger partial charge in [-0.05, 0) is 64.7 Å². The molecule has 0 radical (unpaired) electrons. The summed E-state index contributed by atoms with van der Waals surface area (Å²) in [5, 5.41) is 13.8. The summed E-state index contributed by atoms with van der Waals surface area (Å²) in [7, 11) is 0. The van der Waals surface area contributed by atoms with Crippen LogP contribution in [-0.2, 0) is 4.79 Å². The van der Waals surface area contributed by atoms with E-state index in [-0.39, 0.29) is 5.91 Å². The molecule has 2 aromatic carbocycles. The van der Waals surface area contributed by atoms with E-state index in [0.717, 1.165) is 11.3 Å². The van der Waals surface area contributed by atoms with Gasteiger partial charge in [0.25, 0.3) is 0 Å². The van der Waals surface area contributed by atoms with E-state index in [1.54, 1.807) is 34.7 Å². The Morgan fingerprint density at radius 2 is 1.88 bits per heavy atom. The molecule has 0 aliphatic rings. The van der Waals surface area contributed by atoms with Crippen molar-refractivity contribution < 1.29 is 4.79 Å². The number of hydrogen-bond donors (Lipinski definition) is 1. The molecule has 0 aliphatic carbocycles. The molecule has 1 N–H and O–H groups in total. The fourth-order valence-electron chi connectivity index (χ4n) is 2.05. The fraction of sp³-hybridized carbons (Fsp3) is 0.0588. The van der Waals surface area contributed by atoms with Crippen LogP contribution in [-0.4, -0.2) is 32.4 Å². The molecule has 0 saturated heterocycles. The zero-order chi connectivity index (χ0) is 16.8. The maximum atomic E-state index is 12.0. The summed E-state index contributed by atoms with van der Waals surface area (Å²) in [5.74, 6) is -0.181. The van der Waals surface area contributed by atoms with Crippen molar-refractivity contribution in [1.82, 2.24) is 20.2 Å². The largest absolute Gasteiger partial charge is 0.323 e. The average molecular weight is 337 g/mol. The Hall–Kier alpha value is -2.93. The van der Waals surface area contributed by atoms with Crippen LogP contribution in [0.25, 0.3) is 11.8 Å². The highest BCUT2D eigenvalue weighted by Gasteiger charge is 2.01. The van der Waals surface area contributed by atoms with Crippen molar-refractivity contribution in [3.8, 4) is 5.69 Å². The molecule has 3 rings (SSSR count). The standard InChI is InChI=1S/C17H15N5OS/c1-24-16-9-2-13(3-10-16)4-11-17(23)19-14-5-7-15(8-6-14)22-12-18-20-21-22/h2-12H,1H3,(H,19,23). The van der Waals surface area contributed by atoms with Gasteiger partial charge in [-0.3, -0.25) is 4.79 Å². The highest BCUT2D eigenvalue weighted by molar-refractivity contribution is 7.98. The summed E-state index contributed by atoms with van der Waals surface area (Å²) in [5.41, 5.74) is 2.51. The molecule has 0 fully saturated rings. The fourth-order valence-corrected chi connectivity index (χ4v) is 2.46. The number of carbonyl (C=O) groups excluding carboxylic acids is 1. The van der Waals surface area contributed by atoms with Crippen LogP contribution in [0.3, 0.4) is 0 Å². The van der Waals surface area contributed by atoms with Crippen molar-refractivity contribution in [2.45, 2.75) is 4.90 Å². The predicted molar refractivity (Wildman–Crippen MR) is 95.0 cm³/mol. The first-order valence-electron chi connectivity index (χ1n) is 7.21. The van der Waals surface area contributed by atoms with Gasteiger partial charge in [-0.15, -0.1) is 16.9 Å². The number of hydrogen-bond acceptors (Lipinski definition) is 5. The maximum Gasteiger partial charge on any atom is 0.248 e. The van der Waals surface area contributed by atoms with E-state index in [0.29, 0.717) is 5.69 Å². The maximum absolute atomic E-state index is 12.0. The number of tetrazole rings is 1. The lowest BCUT2D eigenvalue weighted by molar-refractivity contribution is -0.111. The number of amides is 1. The number of thioether (sulfide) groups is 1. The number of benzene rings is 2. The third kappa shape index (κ3) is 4.08. The molecule has 6 nitrogen and oxygen atoms in total. The van der Waals surface area contributed by atoms with Crippen LogP contribution in [0.15, 0.2) is 65.8 Å². The first-order chi connectivity index (χ1) is 11.7. The molecule has 1 aromatic heterocycles. The first kappa shape index (κ1) is 15.9. The van der Waals surface area contributed by atoms with E-state index in [4.69, 9.17) is 0 Å². The minimum Gasteiger partial charge on any atom is -0.323 e. The third-order valence-electron chi connectivity index (χ3n) is 3.29. The van der Waals surface area contributed by atoms with Crippen LogP contribution < -0.4 is 5.32 Å². The zero-order valence-electron chi connectivity index (χ0n) is 13.0. The Balaban J connectivity index is 1.60. The summed E-state index contributed by atoms with van der Waals surface area (Å²) in [6.45, 7) is 0. The van der Waals surface area contributed by atoms with Gasteiger partial charge in [0.1, 0.15) is 6.33 Å². The highest BCUT2D eigenvalue weighted by atomic mass is 32.2. The zero-order valence-corrected chi connectivity index (χ0v) is 13.8. The van der Waals surface area contributed by atoms with Gasteiger partial charge in [0.2, 0.25) is 5.91 Å². The third-order valence-corrected chi connectivity index (χ3v) is 4.03. The van der Waals surface area contributed by atoms with Gasteiger partial charge < -0.3 is 5.32 Å². The van der Waals surface area contributed by atoms with E-state index in [2.05, 4.69) is 20.8 Å². The Bertz CT molecular complexity index is 826. The van der Waals surface area contributed by atoms with Crippen LogP contribution in [0.1, 0.15) is 5.56 Å². The summed E-state index contributed by atoms with van der Waals surface area (Å²) < 4.78 is 1.55. The molecular weight excluding hydrogens is 322 g/mol. The average Bonchev–Trinajstić information content (AvgIpc) is 3.16. The Kier molecular flexibility index (Phi) is 5.02. The van der Waals surface area contributed by atoms with E-state index in [1.165, 1.54) is 17.3 Å². The second-order valence-electron chi connectivity index (χ2n) is 4.90. The van der Waals surface area contributed by atoms with Gasteiger partial charge in [0.05, 0.1) is 5.69 Å². The smallest absolute Gasteiger partial charge is 0.248 e. The molecule has 1 amide bonds. The molecule has 0 bridgehead atoms. The van der Waals surface area contributed by atoms with Gasteiger partial charge in [-0.1, -0.05) is 12.1 Å². The van der Waals surface area contributed by atoms with E-state index < -0.39 is 0 Å². The molecule has 24 heavy (non-hydrogen) atoms. The normalized spacial score (nSPS) is 10.9. The number of carbonyl (C=O) groups is 1. The predicted octanol–water partition coefficient (Wildman–Crippen LogP) is 3.04. The number of rotatable bonds is 5. The number of nitrogens with one attached hydrogen (secondary N) is 1. The quantitative estimate of drug-likeness (QED) is 0.572. The Morgan fingerprint density at radius 1 is 1.12 bits per heavy atom. The van der Waals surface area contributed by atoms with Gasteiger partial charge >= 0.3 is 0 Å². The van der Waals surface area contributed by atoms with Crippen molar-refractivity contribution >= 4 is 29.4 Å². The highest BCUT2D eigenvalue weighted by Crippen LogP contribution is 2.16. The second kappa shape index (κ2) is 7.56.